The van der Waals surface area contributed by atoms with Crippen molar-refractivity contribution < 1.29 is 8.42 Å². The van der Waals surface area contributed by atoms with Crippen LogP contribution < -0.4 is 4.72 Å². The maximum absolute atomic E-state index is 12.1. The summed E-state index contributed by atoms with van der Waals surface area (Å²) in [5.74, 6) is 0.268. The first-order chi connectivity index (χ1) is 8.38. The monoisotopic (exact) mass is 303 g/mol. The summed E-state index contributed by atoms with van der Waals surface area (Å²) in [6, 6.07) is 3.38. The van der Waals surface area contributed by atoms with E-state index in [2.05, 4.69) is 14.7 Å². The lowest BCUT2D eigenvalue weighted by molar-refractivity contribution is 0.602. The van der Waals surface area contributed by atoms with E-state index in [0.29, 0.717) is 5.69 Å². The molecule has 0 aliphatic carbocycles. The van der Waals surface area contributed by atoms with Crippen molar-refractivity contribution in [2.24, 2.45) is 0 Å². The van der Waals surface area contributed by atoms with Crippen LogP contribution in [0.2, 0.25) is 4.47 Å². The normalized spacial score (nSPS) is 11.5. The molecule has 2 aromatic heterocycles. The van der Waals surface area contributed by atoms with Gasteiger partial charge in [-0.2, -0.15) is 0 Å². The number of rotatable bonds is 3. The van der Waals surface area contributed by atoms with E-state index in [9.17, 15) is 8.42 Å². The Balaban J connectivity index is 2.33. The minimum absolute atomic E-state index is 0.106. The summed E-state index contributed by atoms with van der Waals surface area (Å²) in [5, 5.41) is 0. The number of anilines is 1. The fraction of sp³-hybridized carbons (Fsp3) is 0.200. The Kier molecular flexibility index (Phi) is 3.56. The molecular weight excluding hydrogens is 294 g/mol. The largest absolute Gasteiger partial charge is 0.274 e. The van der Waals surface area contributed by atoms with Crippen molar-refractivity contribution in [1.29, 1.82) is 0 Å². The van der Waals surface area contributed by atoms with Gasteiger partial charge in [0, 0.05) is 6.20 Å². The second-order valence-electron chi connectivity index (χ2n) is 3.67. The van der Waals surface area contributed by atoms with E-state index < -0.39 is 10.0 Å². The molecule has 18 heavy (non-hydrogen) atoms. The lowest BCUT2D eigenvalue weighted by Gasteiger charge is -2.05. The molecule has 0 amide bonds. The van der Waals surface area contributed by atoms with Crippen LogP contribution in [0.4, 0.5) is 5.82 Å². The Morgan fingerprint density at radius 3 is 2.56 bits per heavy atom. The van der Waals surface area contributed by atoms with E-state index in [4.69, 9.17) is 11.6 Å². The minimum Gasteiger partial charge on any atom is -0.263 e. The number of hydrogen-bond donors (Lipinski definition) is 1. The SMILES string of the molecule is Cc1ccc(NS(=O)(=O)c2sc(Cl)nc2C)nc1. The Hall–Kier alpha value is -1.18. The third-order valence-corrected chi connectivity index (χ3v) is 5.35. The molecule has 5 nitrogen and oxygen atoms in total. The van der Waals surface area contributed by atoms with Crippen LogP contribution in [0.1, 0.15) is 11.3 Å². The number of nitrogens with one attached hydrogen (secondary N) is 1. The predicted molar refractivity (Wildman–Crippen MR) is 71.6 cm³/mol. The molecule has 96 valence electrons. The van der Waals surface area contributed by atoms with Gasteiger partial charge in [0.25, 0.3) is 10.0 Å². The zero-order valence-corrected chi connectivity index (χ0v) is 12.0. The lowest BCUT2D eigenvalue weighted by Crippen LogP contribution is -2.13. The van der Waals surface area contributed by atoms with E-state index in [0.717, 1.165) is 16.9 Å². The summed E-state index contributed by atoms with van der Waals surface area (Å²) < 4.78 is 26.9. The molecule has 0 aromatic carbocycles. The molecule has 0 unspecified atom stereocenters. The Morgan fingerprint density at radius 1 is 1.33 bits per heavy atom. The summed E-state index contributed by atoms with van der Waals surface area (Å²) in [7, 11) is -3.68. The van der Waals surface area contributed by atoms with Gasteiger partial charge in [-0.3, -0.25) is 4.72 Å². The van der Waals surface area contributed by atoms with Crippen LogP contribution in [0.15, 0.2) is 22.5 Å². The Morgan fingerprint density at radius 2 is 2.06 bits per heavy atom. The van der Waals surface area contributed by atoms with Crippen LogP contribution in [0.5, 0.6) is 0 Å². The van der Waals surface area contributed by atoms with E-state index in [1.165, 1.54) is 0 Å². The predicted octanol–water partition coefficient (Wildman–Crippen LogP) is 2.61. The number of sulfonamides is 1. The van der Waals surface area contributed by atoms with Crippen molar-refractivity contribution in [1.82, 2.24) is 9.97 Å². The zero-order valence-electron chi connectivity index (χ0n) is 9.64. The highest BCUT2D eigenvalue weighted by Gasteiger charge is 2.21. The van der Waals surface area contributed by atoms with E-state index in [-0.39, 0.29) is 14.5 Å². The first-order valence-electron chi connectivity index (χ1n) is 4.97. The highest BCUT2D eigenvalue weighted by atomic mass is 35.5. The van der Waals surface area contributed by atoms with Gasteiger partial charge in [-0.25, -0.2) is 18.4 Å². The third kappa shape index (κ3) is 2.80. The van der Waals surface area contributed by atoms with Crippen LogP contribution in [0.3, 0.4) is 0 Å². The van der Waals surface area contributed by atoms with Crippen molar-refractivity contribution in [3.8, 4) is 0 Å². The summed E-state index contributed by atoms with van der Waals surface area (Å²) >= 11 is 6.61. The quantitative estimate of drug-likeness (QED) is 0.946. The van der Waals surface area contributed by atoms with Crippen LogP contribution in [0, 0.1) is 13.8 Å². The maximum Gasteiger partial charge on any atom is 0.274 e. The second-order valence-corrected chi connectivity index (χ2v) is 7.12. The van der Waals surface area contributed by atoms with Crippen LogP contribution in [-0.2, 0) is 10.0 Å². The lowest BCUT2D eigenvalue weighted by atomic mass is 10.3. The third-order valence-electron chi connectivity index (χ3n) is 2.12. The molecule has 2 heterocycles. The first-order valence-corrected chi connectivity index (χ1v) is 7.64. The molecular formula is C10H10ClN3O2S2. The second kappa shape index (κ2) is 4.83. The average molecular weight is 304 g/mol. The van der Waals surface area contributed by atoms with E-state index >= 15 is 0 Å². The number of nitrogens with zero attached hydrogens (tertiary/aromatic N) is 2. The van der Waals surface area contributed by atoms with Crippen molar-refractivity contribution in [3.05, 3.63) is 34.1 Å². The molecule has 0 radical (unpaired) electrons. The van der Waals surface area contributed by atoms with Gasteiger partial charge in [-0.15, -0.1) is 0 Å². The molecule has 0 atom stereocenters. The number of thiazole rings is 1. The van der Waals surface area contributed by atoms with Gasteiger partial charge < -0.3 is 0 Å². The van der Waals surface area contributed by atoms with Gasteiger partial charge in [0.05, 0.1) is 5.69 Å². The molecule has 0 saturated carbocycles. The van der Waals surface area contributed by atoms with Gasteiger partial charge in [0.2, 0.25) is 0 Å². The van der Waals surface area contributed by atoms with Crippen LogP contribution in [-0.4, -0.2) is 18.4 Å². The molecule has 0 saturated heterocycles. The topological polar surface area (TPSA) is 72.0 Å². The Bertz CT molecular complexity index is 665. The molecule has 2 rings (SSSR count). The molecule has 1 N–H and O–H groups in total. The molecule has 0 fully saturated rings. The standard InChI is InChI=1S/C10H10ClN3O2S2/c1-6-3-4-8(12-5-6)14-18(15,16)9-7(2)13-10(11)17-9/h3-5H,1-2H3,(H,12,14). The Labute approximate surface area is 114 Å². The molecule has 0 aliphatic rings. The van der Waals surface area contributed by atoms with Gasteiger partial charge in [-0.1, -0.05) is 29.0 Å². The summed E-state index contributed by atoms with van der Waals surface area (Å²) in [4.78, 5) is 7.86. The molecule has 0 spiro atoms. The van der Waals surface area contributed by atoms with Crippen molar-refractivity contribution in [2.75, 3.05) is 4.72 Å². The van der Waals surface area contributed by atoms with E-state index in [1.54, 1.807) is 25.3 Å². The fourth-order valence-electron chi connectivity index (χ4n) is 1.31. The maximum atomic E-state index is 12.1. The number of halogens is 1. The van der Waals surface area contributed by atoms with E-state index in [1.807, 2.05) is 6.92 Å². The molecule has 0 bridgehead atoms. The highest BCUT2D eigenvalue weighted by molar-refractivity contribution is 7.94. The summed E-state index contributed by atoms with van der Waals surface area (Å²) in [5.41, 5.74) is 1.33. The number of aryl methyl sites for hydroxylation is 2. The molecule has 2 aromatic rings. The highest BCUT2D eigenvalue weighted by Crippen LogP contribution is 2.27. The van der Waals surface area contributed by atoms with Crippen LogP contribution >= 0.6 is 22.9 Å². The summed E-state index contributed by atoms with van der Waals surface area (Å²) in [6.07, 6.45) is 1.59. The van der Waals surface area contributed by atoms with Gasteiger partial charge in [0.15, 0.2) is 8.68 Å². The molecule has 8 heteroatoms. The number of hydrogen-bond acceptors (Lipinski definition) is 5. The fourth-order valence-corrected chi connectivity index (χ4v) is 4.06. The van der Waals surface area contributed by atoms with Gasteiger partial charge in [0.1, 0.15) is 5.82 Å². The number of aromatic nitrogens is 2. The van der Waals surface area contributed by atoms with Crippen molar-refractivity contribution in [3.63, 3.8) is 0 Å². The minimum atomic E-state index is -3.68. The smallest absolute Gasteiger partial charge is 0.263 e. The van der Waals surface area contributed by atoms with Gasteiger partial charge >= 0.3 is 0 Å². The summed E-state index contributed by atoms with van der Waals surface area (Å²) in [6.45, 7) is 3.47. The van der Waals surface area contributed by atoms with Crippen LogP contribution in [0.25, 0.3) is 0 Å². The zero-order chi connectivity index (χ0) is 13.3. The molecule has 0 aliphatic heterocycles. The van der Waals surface area contributed by atoms with Crippen molar-refractivity contribution in [2.45, 2.75) is 18.1 Å². The first kappa shape index (κ1) is 13.3. The van der Waals surface area contributed by atoms with Crippen molar-refractivity contribution >= 4 is 38.8 Å². The average Bonchev–Trinajstić information content (AvgIpc) is 2.62. The number of pyridine rings is 1. The van der Waals surface area contributed by atoms with Gasteiger partial charge in [-0.05, 0) is 25.5 Å².